The average molecular weight is 541 g/mol. The van der Waals surface area contributed by atoms with E-state index in [-0.39, 0.29) is 42.4 Å². The molecule has 0 N–H and O–H groups in total. The van der Waals surface area contributed by atoms with Crippen LogP contribution in [0.3, 0.4) is 0 Å². The second-order valence-corrected chi connectivity index (χ2v) is 13.2. The SMILES string of the molecule is COC(=O)C[C@@H]1C(C)(C)[C@@H](OC(=O)C(C)C)[C@@H]2CC3=C4CC(=O)O[C@@H](c5ccoc5)[C@@]4(C)CC[C@H]3[C@@]1(C)C2=O. The Morgan fingerprint density at radius 2 is 1.87 bits per heavy atom. The number of fused-ring (bicyclic) bond motifs is 5. The van der Waals surface area contributed by atoms with E-state index >= 15 is 0 Å². The van der Waals surface area contributed by atoms with Crippen molar-refractivity contribution in [2.45, 2.75) is 85.9 Å². The van der Waals surface area contributed by atoms with E-state index in [1.54, 1.807) is 26.4 Å². The summed E-state index contributed by atoms with van der Waals surface area (Å²) in [6.07, 6.45) is 4.11. The summed E-state index contributed by atoms with van der Waals surface area (Å²) in [6, 6.07) is 1.83. The number of carbonyl (C=O) groups excluding carboxylic acids is 4. The van der Waals surface area contributed by atoms with E-state index in [1.165, 1.54) is 7.11 Å². The molecule has 0 radical (unpaired) electrons. The lowest BCUT2D eigenvalue weighted by atomic mass is 9.40. The lowest BCUT2D eigenvalue weighted by molar-refractivity contribution is -0.200. The standard InChI is InChI=1S/C31H40O8/c1-16(2)28(35)39-27-19-12-18-20(31(6,25(19)34)22(29(27,3)4)14-23(32)36-7)8-10-30(5)21(18)13-24(33)38-26(30)17-9-11-37-15-17/h9,11,15-16,19-20,22,26-27H,8,10,12-14H2,1-7H3/t19-,20-,22-,26+,27+,30+,31-/m1/s1. The third kappa shape index (κ3) is 4.00. The Labute approximate surface area is 229 Å². The molecule has 3 aliphatic carbocycles. The van der Waals surface area contributed by atoms with Gasteiger partial charge in [0, 0.05) is 28.2 Å². The largest absolute Gasteiger partial charge is 0.472 e. The number of ether oxygens (including phenoxy) is 3. The summed E-state index contributed by atoms with van der Waals surface area (Å²) in [7, 11) is 1.35. The van der Waals surface area contributed by atoms with E-state index in [2.05, 4.69) is 6.92 Å². The van der Waals surface area contributed by atoms with Crippen LogP contribution in [-0.4, -0.2) is 36.9 Å². The highest BCUT2D eigenvalue weighted by Crippen LogP contribution is 2.68. The molecule has 0 unspecified atom stereocenters. The van der Waals surface area contributed by atoms with Gasteiger partial charge in [0.05, 0.1) is 37.9 Å². The van der Waals surface area contributed by atoms with Crippen molar-refractivity contribution in [3.05, 3.63) is 35.3 Å². The molecule has 1 saturated heterocycles. The maximum Gasteiger partial charge on any atom is 0.310 e. The molecule has 0 aromatic carbocycles. The summed E-state index contributed by atoms with van der Waals surface area (Å²) in [6.45, 7) is 11.7. The smallest absolute Gasteiger partial charge is 0.310 e. The van der Waals surface area contributed by atoms with Crippen molar-refractivity contribution in [2.75, 3.05) is 7.11 Å². The number of allylic oxidation sites excluding steroid dienone is 1. The van der Waals surface area contributed by atoms with Gasteiger partial charge in [0.25, 0.3) is 0 Å². The van der Waals surface area contributed by atoms with Crippen LogP contribution in [0.25, 0.3) is 0 Å². The monoisotopic (exact) mass is 540 g/mol. The van der Waals surface area contributed by atoms with Crippen LogP contribution in [-0.2, 0) is 33.4 Å². The maximum atomic E-state index is 14.4. The average Bonchev–Trinajstić information content (AvgIpc) is 3.41. The van der Waals surface area contributed by atoms with Gasteiger partial charge in [-0.15, -0.1) is 0 Å². The summed E-state index contributed by atoms with van der Waals surface area (Å²) in [5, 5.41) is 0. The van der Waals surface area contributed by atoms with Crippen LogP contribution in [0.15, 0.2) is 34.2 Å². The molecule has 2 bridgehead atoms. The van der Waals surface area contributed by atoms with E-state index in [0.29, 0.717) is 6.42 Å². The molecule has 4 aliphatic rings. The number of hydrogen-bond donors (Lipinski definition) is 0. The number of hydrogen-bond acceptors (Lipinski definition) is 8. The minimum absolute atomic E-state index is 0.0417. The summed E-state index contributed by atoms with van der Waals surface area (Å²) in [4.78, 5) is 53.0. The Bertz CT molecular complexity index is 1220. The first-order chi connectivity index (χ1) is 18.3. The minimum atomic E-state index is -0.877. The fourth-order valence-electron chi connectivity index (χ4n) is 8.46. The van der Waals surface area contributed by atoms with Crippen molar-refractivity contribution in [1.29, 1.82) is 0 Å². The van der Waals surface area contributed by atoms with E-state index in [1.807, 2.05) is 26.8 Å². The number of methoxy groups -OCH3 is 1. The van der Waals surface area contributed by atoms with Gasteiger partial charge in [0.15, 0.2) is 0 Å². The van der Waals surface area contributed by atoms with Gasteiger partial charge in [0.1, 0.15) is 18.0 Å². The molecule has 0 amide bonds. The molecule has 3 fully saturated rings. The Morgan fingerprint density at radius 3 is 2.49 bits per heavy atom. The van der Waals surface area contributed by atoms with Crippen LogP contribution in [0.2, 0.25) is 0 Å². The molecule has 1 aromatic heterocycles. The molecule has 2 saturated carbocycles. The van der Waals surface area contributed by atoms with Crippen LogP contribution in [0, 0.1) is 39.9 Å². The first-order valence-corrected chi connectivity index (χ1v) is 14.0. The second kappa shape index (κ2) is 9.34. The van der Waals surface area contributed by atoms with Crippen LogP contribution < -0.4 is 0 Å². The van der Waals surface area contributed by atoms with Gasteiger partial charge in [-0.05, 0) is 42.7 Å². The molecule has 8 nitrogen and oxygen atoms in total. The van der Waals surface area contributed by atoms with Crippen molar-refractivity contribution in [2.24, 2.45) is 39.9 Å². The highest BCUT2D eigenvalue weighted by molar-refractivity contribution is 5.92. The zero-order chi connectivity index (χ0) is 28.5. The quantitative estimate of drug-likeness (QED) is 0.279. The number of Topliss-reactive ketones (excluding diaryl/α,β-unsaturated/α-hetero) is 1. The molecular weight excluding hydrogens is 500 g/mol. The van der Waals surface area contributed by atoms with Crippen molar-refractivity contribution in [3.63, 3.8) is 0 Å². The number of esters is 3. The predicted octanol–water partition coefficient (Wildman–Crippen LogP) is 5.36. The molecule has 1 aromatic rings. The number of cyclic esters (lactones) is 1. The highest BCUT2D eigenvalue weighted by atomic mass is 16.6. The highest BCUT2D eigenvalue weighted by Gasteiger charge is 2.68. The summed E-state index contributed by atoms with van der Waals surface area (Å²) >= 11 is 0. The Balaban J connectivity index is 1.68. The predicted molar refractivity (Wildman–Crippen MR) is 140 cm³/mol. The normalized spacial score (nSPS) is 37.1. The third-order valence-corrected chi connectivity index (χ3v) is 10.5. The van der Waals surface area contributed by atoms with Crippen LogP contribution in [0.4, 0.5) is 0 Å². The van der Waals surface area contributed by atoms with E-state index in [0.717, 1.165) is 29.6 Å². The van der Waals surface area contributed by atoms with Crippen molar-refractivity contribution in [3.8, 4) is 0 Å². The van der Waals surface area contributed by atoms with Crippen LogP contribution in [0.1, 0.15) is 85.3 Å². The van der Waals surface area contributed by atoms with E-state index < -0.39 is 46.3 Å². The summed E-state index contributed by atoms with van der Waals surface area (Å²) in [5.74, 6) is -2.49. The Morgan fingerprint density at radius 1 is 1.15 bits per heavy atom. The number of carbonyl (C=O) groups is 4. The van der Waals surface area contributed by atoms with E-state index in [9.17, 15) is 19.2 Å². The number of ketones is 1. The second-order valence-electron chi connectivity index (χ2n) is 13.2. The Kier molecular flexibility index (Phi) is 6.62. The summed E-state index contributed by atoms with van der Waals surface area (Å²) < 4.78 is 22.5. The fourth-order valence-corrected chi connectivity index (χ4v) is 8.46. The molecular formula is C31H40O8. The van der Waals surface area contributed by atoms with Gasteiger partial charge in [-0.25, -0.2) is 0 Å². The molecule has 212 valence electrons. The minimum Gasteiger partial charge on any atom is -0.472 e. The zero-order valence-corrected chi connectivity index (χ0v) is 24.0. The Hall–Kier alpha value is -2.90. The molecule has 7 atom stereocenters. The van der Waals surface area contributed by atoms with Gasteiger partial charge in [-0.2, -0.15) is 0 Å². The van der Waals surface area contributed by atoms with Gasteiger partial charge in [0.2, 0.25) is 0 Å². The van der Waals surface area contributed by atoms with Gasteiger partial charge >= 0.3 is 17.9 Å². The molecule has 2 heterocycles. The fraction of sp³-hybridized carbons (Fsp3) is 0.677. The first-order valence-electron chi connectivity index (χ1n) is 14.0. The summed E-state index contributed by atoms with van der Waals surface area (Å²) in [5.41, 5.74) is 0.943. The zero-order valence-electron chi connectivity index (χ0n) is 24.0. The topological polar surface area (TPSA) is 109 Å². The van der Waals surface area contributed by atoms with Crippen molar-refractivity contribution in [1.82, 2.24) is 0 Å². The maximum absolute atomic E-state index is 14.4. The van der Waals surface area contributed by atoms with Crippen LogP contribution in [0.5, 0.6) is 0 Å². The lowest BCUT2D eigenvalue weighted by Gasteiger charge is -2.63. The molecule has 39 heavy (non-hydrogen) atoms. The van der Waals surface area contributed by atoms with Crippen LogP contribution >= 0.6 is 0 Å². The van der Waals surface area contributed by atoms with Gasteiger partial charge < -0.3 is 18.6 Å². The number of furan rings is 1. The van der Waals surface area contributed by atoms with E-state index in [4.69, 9.17) is 18.6 Å². The number of rotatable bonds is 5. The molecule has 1 aliphatic heterocycles. The molecule has 5 rings (SSSR count). The van der Waals surface area contributed by atoms with Crippen molar-refractivity contribution < 1.29 is 37.8 Å². The molecule has 8 heteroatoms. The van der Waals surface area contributed by atoms with Crippen molar-refractivity contribution >= 4 is 23.7 Å². The molecule has 0 spiro atoms. The van der Waals surface area contributed by atoms with Gasteiger partial charge in [-0.3, -0.25) is 19.2 Å². The van der Waals surface area contributed by atoms with Gasteiger partial charge in [-0.1, -0.05) is 47.1 Å². The first kappa shape index (κ1) is 27.7. The third-order valence-electron chi connectivity index (χ3n) is 10.5. The lowest BCUT2D eigenvalue weighted by Crippen LogP contribution is -2.66.